The Labute approximate surface area is 124 Å². The van der Waals surface area contributed by atoms with Gasteiger partial charge >= 0.3 is 0 Å². The van der Waals surface area contributed by atoms with Crippen LogP contribution in [-0.2, 0) is 11.3 Å². The SMILES string of the molecule is CC(=O)CC1CCCCN1Cc1ccc(Cl)c(Cl)c1. The van der Waals surface area contributed by atoms with Gasteiger partial charge in [-0.1, -0.05) is 35.7 Å². The molecule has 1 saturated heterocycles. The number of hydrogen-bond acceptors (Lipinski definition) is 2. The predicted molar refractivity (Wildman–Crippen MR) is 79.8 cm³/mol. The Bertz CT molecular complexity index is 461. The largest absolute Gasteiger partial charge is 0.300 e. The first-order valence-electron chi connectivity index (χ1n) is 6.73. The first-order valence-corrected chi connectivity index (χ1v) is 7.49. The number of Topliss-reactive ketones (excluding diaryl/α,β-unsaturated/α-hetero) is 1. The molecule has 1 aromatic rings. The molecule has 19 heavy (non-hydrogen) atoms. The molecule has 1 fully saturated rings. The van der Waals surface area contributed by atoms with Crippen LogP contribution in [0.25, 0.3) is 0 Å². The molecule has 1 atom stereocenters. The summed E-state index contributed by atoms with van der Waals surface area (Å²) in [6, 6.07) is 6.14. The molecule has 1 aliphatic rings. The Hall–Kier alpha value is -0.570. The maximum Gasteiger partial charge on any atom is 0.131 e. The molecule has 1 aromatic carbocycles. The summed E-state index contributed by atoms with van der Waals surface area (Å²) in [7, 11) is 0. The molecule has 0 spiro atoms. The van der Waals surface area contributed by atoms with Crippen LogP contribution in [0.5, 0.6) is 0 Å². The Morgan fingerprint density at radius 2 is 2.11 bits per heavy atom. The zero-order valence-electron chi connectivity index (χ0n) is 11.2. The standard InChI is InChI=1S/C15H19Cl2NO/c1-11(19)8-13-4-2-3-7-18(13)10-12-5-6-14(16)15(17)9-12/h5-6,9,13H,2-4,7-8,10H2,1H3. The normalized spacial score (nSPS) is 20.5. The molecule has 104 valence electrons. The maximum atomic E-state index is 11.3. The fraction of sp³-hybridized carbons (Fsp3) is 0.533. The van der Waals surface area contributed by atoms with E-state index in [9.17, 15) is 4.79 Å². The van der Waals surface area contributed by atoms with Crippen LogP contribution >= 0.6 is 23.2 Å². The number of benzene rings is 1. The molecule has 0 aliphatic carbocycles. The van der Waals surface area contributed by atoms with Crippen molar-refractivity contribution in [3.8, 4) is 0 Å². The number of halogens is 2. The monoisotopic (exact) mass is 299 g/mol. The number of piperidine rings is 1. The van der Waals surface area contributed by atoms with E-state index in [-0.39, 0.29) is 5.78 Å². The Kier molecular flexibility index (Phi) is 5.26. The van der Waals surface area contributed by atoms with Crippen molar-refractivity contribution in [3.05, 3.63) is 33.8 Å². The first-order chi connectivity index (χ1) is 9.06. The van der Waals surface area contributed by atoms with Crippen LogP contribution in [0.15, 0.2) is 18.2 Å². The summed E-state index contributed by atoms with van der Waals surface area (Å²) in [6.45, 7) is 3.57. The molecule has 1 heterocycles. The van der Waals surface area contributed by atoms with Gasteiger partial charge in [-0.3, -0.25) is 9.69 Å². The maximum absolute atomic E-state index is 11.3. The van der Waals surface area contributed by atoms with Gasteiger partial charge in [0.15, 0.2) is 0 Å². The predicted octanol–water partition coefficient (Wildman–Crippen LogP) is 4.33. The lowest BCUT2D eigenvalue weighted by molar-refractivity contribution is -0.118. The molecule has 0 amide bonds. The van der Waals surface area contributed by atoms with Gasteiger partial charge in [0.05, 0.1) is 10.0 Å². The van der Waals surface area contributed by atoms with E-state index in [1.807, 2.05) is 18.2 Å². The molecule has 0 radical (unpaired) electrons. The average molecular weight is 300 g/mol. The van der Waals surface area contributed by atoms with Gasteiger partial charge in [0.25, 0.3) is 0 Å². The second kappa shape index (κ2) is 6.74. The minimum atomic E-state index is 0.269. The van der Waals surface area contributed by atoms with Crippen molar-refractivity contribution in [2.24, 2.45) is 0 Å². The minimum Gasteiger partial charge on any atom is -0.300 e. The van der Waals surface area contributed by atoms with E-state index in [0.29, 0.717) is 22.5 Å². The summed E-state index contributed by atoms with van der Waals surface area (Å²) in [5.41, 5.74) is 1.16. The van der Waals surface area contributed by atoms with Gasteiger partial charge in [0.1, 0.15) is 5.78 Å². The summed E-state index contributed by atoms with van der Waals surface area (Å²) < 4.78 is 0. The van der Waals surface area contributed by atoms with Crippen LogP contribution in [0.2, 0.25) is 10.0 Å². The number of carbonyl (C=O) groups excluding carboxylic acids is 1. The van der Waals surface area contributed by atoms with E-state index in [1.54, 1.807) is 6.92 Å². The van der Waals surface area contributed by atoms with Crippen molar-refractivity contribution in [1.29, 1.82) is 0 Å². The van der Waals surface area contributed by atoms with Crippen molar-refractivity contribution in [2.45, 2.75) is 45.2 Å². The van der Waals surface area contributed by atoms with E-state index in [1.165, 1.54) is 12.8 Å². The average Bonchev–Trinajstić information content (AvgIpc) is 2.36. The van der Waals surface area contributed by atoms with Crippen molar-refractivity contribution >= 4 is 29.0 Å². The highest BCUT2D eigenvalue weighted by Crippen LogP contribution is 2.26. The third-order valence-electron chi connectivity index (χ3n) is 3.64. The van der Waals surface area contributed by atoms with Gasteiger partial charge in [0.2, 0.25) is 0 Å². The van der Waals surface area contributed by atoms with E-state index < -0.39 is 0 Å². The van der Waals surface area contributed by atoms with Gasteiger partial charge < -0.3 is 0 Å². The quantitative estimate of drug-likeness (QED) is 0.825. The number of ketones is 1. The van der Waals surface area contributed by atoms with E-state index in [4.69, 9.17) is 23.2 Å². The summed E-state index contributed by atoms with van der Waals surface area (Å²) >= 11 is 12.0. The van der Waals surface area contributed by atoms with Crippen LogP contribution in [0.1, 0.15) is 38.2 Å². The molecule has 1 unspecified atom stereocenters. The van der Waals surface area contributed by atoms with Gasteiger partial charge in [-0.2, -0.15) is 0 Å². The van der Waals surface area contributed by atoms with Gasteiger partial charge in [-0.15, -0.1) is 0 Å². The molecular weight excluding hydrogens is 281 g/mol. The first kappa shape index (κ1) is 14.8. The van der Waals surface area contributed by atoms with E-state index in [2.05, 4.69) is 4.90 Å². The molecule has 2 rings (SSSR count). The van der Waals surface area contributed by atoms with Crippen molar-refractivity contribution in [3.63, 3.8) is 0 Å². The molecule has 0 saturated carbocycles. The third-order valence-corrected chi connectivity index (χ3v) is 4.38. The van der Waals surface area contributed by atoms with Crippen LogP contribution < -0.4 is 0 Å². The van der Waals surface area contributed by atoms with Gasteiger partial charge in [-0.05, 0) is 44.0 Å². The van der Waals surface area contributed by atoms with Crippen molar-refractivity contribution < 1.29 is 4.79 Å². The van der Waals surface area contributed by atoms with Crippen LogP contribution in [0.4, 0.5) is 0 Å². The molecule has 4 heteroatoms. The molecule has 0 N–H and O–H groups in total. The zero-order valence-corrected chi connectivity index (χ0v) is 12.7. The number of rotatable bonds is 4. The number of hydrogen-bond donors (Lipinski definition) is 0. The second-order valence-electron chi connectivity index (χ2n) is 5.27. The van der Waals surface area contributed by atoms with Crippen molar-refractivity contribution in [1.82, 2.24) is 4.90 Å². The Balaban J connectivity index is 2.06. The highest BCUT2D eigenvalue weighted by Gasteiger charge is 2.23. The zero-order chi connectivity index (χ0) is 13.8. The molecule has 2 nitrogen and oxygen atoms in total. The molecule has 0 aromatic heterocycles. The lowest BCUT2D eigenvalue weighted by Gasteiger charge is -2.35. The Morgan fingerprint density at radius 3 is 2.79 bits per heavy atom. The minimum absolute atomic E-state index is 0.269. The van der Waals surface area contributed by atoms with E-state index >= 15 is 0 Å². The highest BCUT2D eigenvalue weighted by atomic mass is 35.5. The number of carbonyl (C=O) groups is 1. The molecule has 0 bridgehead atoms. The van der Waals surface area contributed by atoms with E-state index in [0.717, 1.165) is 25.1 Å². The van der Waals surface area contributed by atoms with Crippen LogP contribution in [-0.4, -0.2) is 23.3 Å². The lowest BCUT2D eigenvalue weighted by atomic mass is 9.97. The fourth-order valence-corrected chi connectivity index (χ4v) is 3.02. The Morgan fingerprint density at radius 1 is 1.32 bits per heavy atom. The smallest absolute Gasteiger partial charge is 0.131 e. The third kappa shape index (κ3) is 4.20. The van der Waals surface area contributed by atoms with Crippen LogP contribution in [0.3, 0.4) is 0 Å². The molecular formula is C15H19Cl2NO. The lowest BCUT2D eigenvalue weighted by Crippen LogP contribution is -2.39. The summed E-state index contributed by atoms with van der Waals surface area (Å²) in [6.07, 6.45) is 4.19. The fourth-order valence-electron chi connectivity index (χ4n) is 2.70. The summed E-state index contributed by atoms with van der Waals surface area (Å²) in [5, 5.41) is 1.18. The number of likely N-dealkylation sites (tertiary alicyclic amines) is 1. The topological polar surface area (TPSA) is 20.3 Å². The number of nitrogens with zero attached hydrogens (tertiary/aromatic N) is 1. The van der Waals surface area contributed by atoms with Crippen LogP contribution in [0, 0.1) is 0 Å². The second-order valence-corrected chi connectivity index (χ2v) is 6.09. The molecule has 1 aliphatic heterocycles. The van der Waals surface area contributed by atoms with Gasteiger partial charge in [-0.25, -0.2) is 0 Å². The van der Waals surface area contributed by atoms with Gasteiger partial charge in [0, 0.05) is 19.0 Å². The summed E-state index contributed by atoms with van der Waals surface area (Å²) in [5.74, 6) is 0.269. The highest BCUT2D eigenvalue weighted by molar-refractivity contribution is 6.42. The van der Waals surface area contributed by atoms with Crippen molar-refractivity contribution in [2.75, 3.05) is 6.54 Å². The summed E-state index contributed by atoms with van der Waals surface area (Å²) in [4.78, 5) is 13.7.